The van der Waals surface area contributed by atoms with Crippen LogP contribution in [0.3, 0.4) is 0 Å². The molecular formula is C33H35N5O3S. The van der Waals surface area contributed by atoms with Gasteiger partial charge in [-0.25, -0.2) is 9.97 Å². The lowest BCUT2D eigenvalue weighted by molar-refractivity contribution is -0.137. The molecule has 0 radical (unpaired) electrons. The molecule has 9 heteroatoms. The smallest absolute Gasteiger partial charge is 0.251 e. The average molecular weight is 582 g/mol. The zero-order chi connectivity index (χ0) is 29.3. The summed E-state index contributed by atoms with van der Waals surface area (Å²) in [7, 11) is 0. The Bertz CT molecular complexity index is 1460. The van der Waals surface area contributed by atoms with Crippen LogP contribution in [0.5, 0.6) is 0 Å². The number of aromatic nitrogens is 2. The van der Waals surface area contributed by atoms with Crippen molar-refractivity contribution < 1.29 is 14.3 Å². The van der Waals surface area contributed by atoms with Crippen molar-refractivity contribution in [3.8, 4) is 0 Å². The first kappa shape index (κ1) is 29.3. The number of hydrogen-bond donors (Lipinski definition) is 1. The van der Waals surface area contributed by atoms with Crippen molar-refractivity contribution in [3.63, 3.8) is 0 Å². The fraction of sp³-hybridized carbons (Fsp3) is 0.273. The highest BCUT2D eigenvalue weighted by atomic mass is 32.2. The van der Waals surface area contributed by atoms with E-state index in [2.05, 4.69) is 20.2 Å². The summed E-state index contributed by atoms with van der Waals surface area (Å²) < 4.78 is 5.46. The average Bonchev–Trinajstić information content (AvgIpc) is 3.01. The van der Waals surface area contributed by atoms with Crippen molar-refractivity contribution in [2.45, 2.75) is 31.6 Å². The molecule has 1 aliphatic heterocycles. The minimum absolute atomic E-state index is 0.0978. The molecule has 1 atom stereocenters. The third-order valence-electron chi connectivity index (χ3n) is 6.99. The van der Waals surface area contributed by atoms with E-state index >= 15 is 0 Å². The molecule has 1 saturated heterocycles. The van der Waals surface area contributed by atoms with Gasteiger partial charge in [-0.05, 0) is 55.3 Å². The van der Waals surface area contributed by atoms with Crippen molar-refractivity contribution in [2.24, 2.45) is 0 Å². The number of nitrogens with zero attached hydrogens (tertiary/aromatic N) is 4. The number of hydrogen-bond acceptors (Lipinski definition) is 7. The van der Waals surface area contributed by atoms with Crippen LogP contribution < -0.4 is 10.2 Å². The van der Waals surface area contributed by atoms with Crippen LogP contribution in [-0.2, 0) is 20.9 Å². The van der Waals surface area contributed by atoms with Crippen molar-refractivity contribution in [1.29, 1.82) is 0 Å². The van der Waals surface area contributed by atoms with E-state index in [9.17, 15) is 9.59 Å². The number of carbonyl (C=O) groups is 2. The molecule has 3 aromatic carbocycles. The fourth-order valence-electron chi connectivity index (χ4n) is 4.97. The van der Waals surface area contributed by atoms with Crippen molar-refractivity contribution in [2.75, 3.05) is 42.3 Å². The number of benzene rings is 3. The first-order valence-corrected chi connectivity index (χ1v) is 15.0. The fourth-order valence-corrected chi connectivity index (χ4v) is 5.80. The second kappa shape index (κ2) is 14.1. The standard InChI is InChI=1S/C33H35N5O3S/c1-24-21-25(2)35-33(34-24)42-23-30(39)38(22-26-9-5-3-6-10-26)31(27-11-7-4-8-12-27)32(40)36-28-13-15-29(16-14-28)37-17-19-41-20-18-37/h3-16,21,31H,17-20,22-23H2,1-2H3,(H,36,40). The molecule has 1 aliphatic rings. The van der Waals surface area contributed by atoms with E-state index < -0.39 is 6.04 Å². The van der Waals surface area contributed by atoms with Crippen LogP contribution in [0.2, 0.25) is 0 Å². The van der Waals surface area contributed by atoms with Gasteiger partial charge < -0.3 is 19.9 Å². The molecular weight excluding hydrogens is 546 g/mol. The molecule has 1 aromatic heterocycles. The molecule has 216 valence electrons. The monoisotopic (exact) mass is 581 g/mol. The summed E-state index contributed by atoms with van der Waals surface area (Å²) in [6.07, 6.45) is 0. The van der Waals surface area contributed by atoms with Gasteiger partial charge in [0, 0.05) is 42.4 Å². The molecule has 1 N–H and O–H groups in total. The van der Waals surface area contributed by atoms with Crippen LogP contribution in [0.1, 0.15) is 28.6 Å². The molecule has 8 nitrogen and oxygen atoms in total. The number of amides is 2. The van der Waals surface area contributed by atoms with Crippen LogP contribution in [0.4, 0.5) is 11.4 Å². The summed E-state index contributed by atoms with van der Waals surface area (Å²) in [5.41, 5.74) is 5.11. The highest BCUT2D eigenvalue weighted by Crippen LogP contribution is 2.28. The molecule has 0 saturated carbocycles. The number of rotatable bonds is 10. The van der Waals surface area contributed by atoms with Gasteiger partial charge in [0.1, 0.15) is 6.04 Å². The van der Waals surface area contributed by atoms with Gasteiger partial charge in [0.25, 0.3) is 5.91 Å². The zero-order valence-corrected chi connectivity index (χ0v) is 24.7. The van der Waals surface area contributed by atoms with E-state index in [1.807, 2.05) is 105 Å². The van der Waals surface area contributed by atoms with Gasteiger partial charge in [-0.1, -0.05) is 72.4 Å². The third kappa shape index (κ3) is 7.74. The molecule has 1 unspecified atom stereocenters. The Hall–Kier alpha value is -4.21. The molecule has 2 heterocycles. The first-order valence-electron chi connectivity index (χ1n) is 14.0. The molecule has 1 fully saturated rings. The number of anilines is 2. The van der Waals surface area contributed by atoms with Gasteiger partial charge in [-0.3, -0.25) is 9.59 Å². The van der Waals surface area contributed by atoms with E-state index in [0.29, 0.717) is 24.1 Å². The lowest BCUT2D eigenvalue weighted by Crippen LogP contribution is -2.41. The Kier molecular flexibility index (Phi) is 9.84. The summed E-state index contributed by atoms with van der Waals surface area (Å²) >= 11 is 1.28. The number of aryl methyl sites for hydroxylation is 2. The summed E-state index contributed by atoms with van der Waals surface area (Å²) in [6, 6.07) is 28.0. The first-order chi connectivity index (χ1) is 20.5. The quantitative estimate of drug-likeness (QED) is 0.197. The Morgan fingerprint density at radius 2 is 1.52 bits per heavy atom. The van der Waals surface area contributed by atoms with Gasteiger partial charge in [0.2, 0.25) is 5.91 Å². The predicted octanol–water partition coefficient (Wildman–Crippen LogP) is 5.43. The normalized spacial score (nSPS) is 13.8. The largest absolute Gasteiger partial charge is 0.378 e. The second-order valence-corrected chi connectivity index (χ2v) is 11.1. The molecule has 42 heavy (non-hydrogen) atoms. The number of thioether (sulfide) groups is 1. The predicted molar refractivity (Wildman–Crippen MR) is 167 cm³/mol. The van der Waals surface area contributed by atoms with Gasteiger partial charge in [0.05, 0.1) is 19.0 Å². The van der Waals surface area contributed by atoms with Crippen LogP contribution in [0, 0.1) is 13.8 Å². The van der Waals surface area contributed by atoms with E-state index in [0.717, 1.165) is 41.3 Å². The molecule has 5 rings (SSSR count). The molecule has 0 aliphatic carbocycles. The summed E-state index contributed by atoms with van der Waals surface area (Å²) in [4.78, 5) is 40.8. The molecule has 0 spiro atoms. The Labute approximate surface area is 251 Å². The summed E-state index contributed by atoms with van der Waals surface area (Å²) in [5.74, 6) is -0.365. The number of morpholine rings is 1. The lowest BCUT2D eigenvalue weighted by atomic mass is 10.0. The van der Waals surface area contributed by atoms with Crippen molar-refractivity contribution in [3.05, 3.63) is 114 Å². The van der Waals surface area contributed by atoms with E-state index in [1.165, 1.54) is 11.8 Å². The number of ether oxygens (including phenoxy) is 1. The zero-order valence-electron chi connectivity index (χ0n) is 23.9. The van der Waals surface area contributed by atoms with E-state index in [1.54, 1.807) is 4.90 Å². The molecule has 2 amide bonds. The van der Waals surface area contributed by atoms with Crippen molar-refractivity contribution in [1.82, 2.24) is 14.9 Å². The lowest BCUT2D eigenvalue weighted by Gasteiger charge is -2.32. The highest BCUT2D eigenvalue weighted by molar-refractivity contribution is 7.99. The van der Waals surface area contributed by atoms with Gasteiger partial charge in [0.15, 0.2) is 5.16 Å². The highest BCUT2D eigenvalue weighted by Gasteiger charge is 2.32. The van der Waals surface area contributed by atoms with E-state index in [-0.39, 0.29) is 24.1 Å². The topological polar surface area (TPSA) is 87.7 Å². The van der Waals surface area contributed by atoms with Crippen LogP contribution >= 0.6 is 11.8 Å². The van der Waals surface area contributed by atoms with Gasteiger partial charge >= 0.3 is 0 Å². The SMILES string of the molecule is Cc1cc(C)nc(SCC(=O)N(Cc2ccccc2)C(C(=O)Nc2ccc(N3CCOCC3)cc2)c2ccccc2)n1. The minimum Gasteiger partial charge on any atom is -0.378 e. The Morgan fingerprint density at radius 1 is 0.905 bits per heavy atom. The molecule has 4 aromatic rings. The van der Waals surface area contributed by atoms with Gasteiger partial charge in [-0.2, -0.15) is 0 Å². The van der Waals surface area contributed by atoms with Crippen LogP contribution in [0.25, 0.3) is 0 Å². The maximum Gasteiger partial charge on any atom is 0.251 e. The van der Waals surface area contributed by atoms with Gasteiger partial charge in [-0.15, -0.1) is 0 Å². The number of carbonyl (C=O) groups excluding carboxylic acids is 2. The minimum atomic E-state index is -0.849. The van der Waals surface area contributed by atoms with Crippen LogP contribution in [0.15, 0.2) is 96.2 Å². The Balaban J connectivity index is 1.41. The maximum atomic E-state index is 14.0. The molecule has 0 bridgehead atoms. The van der Waals surface area contributed by atoms with Crippen molar-refractivity contribution >= 4 is 35.0 Å². The summed E-state index contributed by atoms with van der Waals surface area (Å²) in [5, 5.41) is 3.62. The maximum absolute atomic E-state index is 14.0. The van der Waals surface area contributed by atoms with E-state index in [4.69, 9.17) is 4.74 Å². The second-order valence-electron chi connectivity index (χ2n) is 10.2. The third-order valence-corrected chi connectivity index (χ3v) is 7.82. The Morgan fingerprint density at radius 3 is 2.17 bits per heavy atom. The van der Waals surface area contributed by atoms with Crippen LogP contribution in [-0.4, -0.2) is 58.7 Å². The number of nitrogens with one attached hydrogen (secondary N) is 1. The summed E-state index contributed by atoms with van der Waals surface area (Å²) in [6.45, 7) is 7.17.